The fourth-order valence-electron chi connectivity index (χ4n) is 4.64. The van der Waals surface area contributed by atoms with Gasteiger partial charge in [-0.05, 0) is 63.4 Å². The largest absolute Gasteiger partial charge is 0.493 e. The quantitative estimate of drug-likeness (QED) is 0.429. The Morgan fingerprint density at radius 2 is 1.81 bits per heavy atom. The molecule has 8 nitrogen and oxygen atoms in total. The standard InChI is InChI=1S/C27H39N3O5S/c1-5-22-9-6-7-17-29(22)18-8-16-28-27(31)20-30(23-12-10-21(2)11-13-23)36(32,33)24-14-15-25(34-3)26(19-24)35-4/h10-15,19,22H,5-9,16-18,20H2,1-4H3,(H,28,31). The minimum absolute atomic E-state index is 0.0178. The lowest BCUT2D eigenvalue weighted by Crippen LogP contribution is -2.43. The van der Waals surface area contributed by atoms with Crippen molar-refractivity contribution >= 4 is 21.6 Å². The molecule has 1 unspecified atom stereocenters. The summed E-state index contributed by atoms with van der Waals surface area (Å²) < 4.78 is 39.0. The van der Waals surface area contributed by atoms with Gasteiger partial charge in [-0.15, -0.1) is 0 Å². The van der Waals surface area contributed by atoms with Crippen molar-refractivity contribution in [2.75, 3.05) is 44.7 Å². The van der Waals surface area contributed by atoms with Crippen molar-refractivity contribution in [2.45, 2.75) is 56.9 Å². The van der Waals surface area contributed by atoms with Crippen LogP contribution in [0.1, 0.15) is 44.6 Å². The van der Waals surface area contributed by atoms with Gasteiger partial charge in [-0.3, -0.25) is 9.10 Å². The Balaban J connectivity index is 1.72. The molecular weight excluding hydrogens is 478 g/mol. The zero-order valence-corrected chi connectivity index (χ0v) is 22.6. The summed E-state index contributed by atoms with van der Waals surface area (Å²) in [6.07, 6.45) is 5.72. The van der Waals surface area contributed by atoms with Gasteiger partial charge in [-0.2, -0.15) is 0 Å². The van der Waals surface area contributed by atoms with Crippen LogP contribution in [0.15, 0.2) is 47.4 Å². The molecule has 1 saturated heterocycles. The molecule has 2 aromatic carbocycles. The molecule has 1 amide bonds. The molecule has 1 heterocycles. The first-order valence-corrected chi connectivity index (χ1v) is 14.1. The van der Waals surface area contributed by atoms with Gasteiger partial charge in [-0.1, -0.05) is 31.0 Å². The first-order chi connectivity index (χ1) is 17.3. The number of hydrogen-bond donors (Lipinski definition) is 1. The van der Waals surface area contributed by atoms with E-state index in [2.05, 4.69) is 17.1 Å². The van der Waals surface area contributed by atoms with Gasteiger partial charge in [-0.25, -0.2) is 8.42 Å². The second-order valence-electron chi connectivity index (χ2n) is 9.16. The number of nitrogens with zero attached hydrogens (tertiary/aromatic N) is 2. The minimum Gasteiger partial charge on any atom is -0.493 e. The van der Waals surface area contributed by atoms with Gasteiger partial charge in [0.15, 0.2) is 11.5 Å². The summed E-state index contributed by atoms with van der Waals surface area (Å²) in [7, 11) is -1.11. The summed E-state index contributed by atoms with van der Waals surface area (Å²) in [5.74, 6) is 0.385. The van der Waals surface area contributed by atoms with Crippen molar-refractivity contribution in [1.82, 2.24) is 10.2 Å². The summed E-state index contributed by atoms with van der Waals surface area (Å²) in [6.45, 7) is 6.38. The van der Waals surface area contributed by atoms with Crippen LogP contribution in [0.25, 0.3) is 0 Å². The number of rotatable bonds is 12. The lowest BCUT2D eigenvalue weighted by atomic mass is 10.00. The maximum Gasteiger partial charge on any atom is 0.264 e. The highest BCUT2D eigenvalue weighted by Crippen LogP contribution is 2.32. The number of hydrogen-bond acceptors (Lipinski definition) is 6. The Labute approximate surface area is 215 Å². The third-order valence-electron chi connectivity index (χ3n) is 6.72. The second kappa shape index (κ2) is 13.0. The SMILES string of the molecule is CCC1CCCCN1CCCNC(=O)CN(c1ccc(C)cc1)S(=O)(=O)c1ccc(OC)c(OC)c1. The summed E-state index contributed by atoms with van der Waals surface area (Å²) in [5, 5.41) is 2.91. The molecule has 3 rings (SSSR count). The number of ether oxygens (including phenoxy) is 2. The Morgan fingerprint density at radius 3 is 2.47 bits per heavy atom. The normalized spacial score (nSPS) is 16.4. The third-order valence-corrected chi connectivity index (χ3v) is 8.49. The molecule has 2 aromatic rings. The second-order valence-corrected chi connectivity index (χ2v) is 11.0. The molecule has 0 aromatic heterocycles. The van der Waals surface area contributed by atoms with Gasteiger partial charge in [0.2, 0.25) is 5.91 Å². The number of carbonyl (C=O) groups is 1. The molecule has 1 aliphatic heterocycles. The zero-order valence-electron chi connectivity index (χ0n) is 21.8. The monoisotopic (exact) mass is 517 g/mol. The molecule has 1 aliphatic rings. The number of anilines is 1. The molecule has 1 N–H and O–H groups in total. The van der Waals surface area contributed by atoms with Crippen LogP contribution in [-0.2, 0) is 14.8 Å². The van der Waals surface area contributed by atoms with E-state index in [1.807, 2.05) is 19.1 Å². The first kappa shape index (κ1) is 27.8. The van der Waals surface area contributed by atoms with Crippen LogP contribution in [0.3, 0.4) is 0 Å². The Morgan fingerprint density at radius 1 is 1.08 bits per heavy atom. The summed E-state index contributed by atoms with van der Waals surface area (Å²) in [5.41, 5.74) is 1.42. The van der Waals surface area contributed by atoms with E-state index in [1.165, 1.54) is 45.6 Å². The maximum atomic E-state index is 13.7. The van der Waals surface area contributed by atoms with Crippen LogP contribution in [0.5, 0.6) is 11.5 Å². The first-order valence-electron chi connectivity index (χ1n) is 12.6. The van der Waals surface area contributed by atoms with E-state index in [9.17, 15) is 13.2 Å². The Hall–Kier alpha value is -2.78. The van der Waals surface area contributed by atoms with Gasteiger partial charge < -0.3 is 19.7 Å². The molecule has 9 heteroatoms. The van der Waals surface area contributed by atoms with Crippen LogP contribution in [0, 0.1) is 6.92 Å². The van der Waals surface area contributed by atoms with Crippen molar-refractivity contribution in [1.29, 1.82) is 0 Å². The van der Waals surface area contributed by atoms with Crippen LogP contribution in [-0.4, -0.2) is 65.7 Å². The van der Waals surface area contributed by atoms with Crippen molar-refractivity contribution in [3.63, 3.8) is 0 Å². The minimum atomic E-state index is -4.05. The third kappa shape index (κ3) is 6.91. The molecule has 0 saturated carbocycles. The molecule has 0 spiro atoms. The molecule has 0 aliphatic carbocycles. The summed E-state index contributed by atoms with van der Waals surface area (Å²) in [4.78, 5) is 15.4. The zero-order chi connectivity index (χ0) is 26.1. The van der Waals surface area contributed by atoms with Crippen molar-refractivity contribution in [3.05, 3.63) is 48.0 Å². The van der Waals surface area contributed by atoms with Crippen molar-refractivity contribution in [2.24, 2.45) is 0 Å². The predicted octanol–water partition coefficient (Wildman–Crippen LogP) is 3.98. The van der Waals surface area contributed by atoms with Crippen LogP contribution in [0.2, 0.25) is 0 Å². The number of methoxy groups -OCH3 is 2. The number of likely N-dealkylation sites (tertiary alicyclic amines) is 1. The number of nitrogens with one attached hydrogen (secondary N) is 1. The average molecular weight is 518 g/mol. The van der Waals surface area contributed by atoms with E-state index in [4.69, 9.17) is 9.47 Å². The van der Waals surface area contributed by atoms with Crippen molar-refractivity contribution < 1.29 is 22.7 Å². The number of carbonyl (C=O) groups excluding carboxylic acids is 1. The number of sulfonamides is 1. The number of benzene rings is 2. The van der Waals surface area contributed by atoms with E-state index < -0.39 is 10.0 Å². The molecule has 36 heavy (non-hydrogen) atoms. The highest BCUT2D eigenvalue weighted by Gasteiger charge is 2.28. The van der Waals surface area contributed by atoms with Gasteiger partial charge in [0, 0.05) is 25.2 Å². The molecule has 1 fully saturated rings. The number of piperidine rings is 1. The van der Waals surface area contributed by atoms with Crippen LogP contribution < -0.4 is 19.1 Å². The smallest absolute Gasteiger partial charge is 0.264 e. The molecule has 0 radical (unpaired) electrons. The Bertz CT molecular complexity index is 1100. The molecule has 1 atom stereocenters. The van der Waals surface area contributed by atoms with Gasteiger partial charge in [0.05, 0.1) is 24.8 Å². The van der Waals surface area contributed by atoms with E-state index in [-0.39, 0.29) is 17.3 Å². The highest BCUT2D eigenvalue weighted by atomic mass is 32.2. The van der Waals surface area contributed by atoms with E-state index in [0.717, 1.165) is 35.8 Å². The fourth-order valence-corrected chi connectivity index (χ4v) is 6.08. The Kier molecular flexibility index (Phi) is 10.0. The maximum absolute atomic E-state index is 13.7. The lowest BCUT2D eigenvalue weighted by molar-refractivity contribution is -0.119. The predicted molar refractivity (Wildman–Crippen MR) is 142 cm³/mol. The summed E-state index contributed by atoms with van der Waals surface area (Å²) in [6, 6.07) is 12.1. The molecule has 0 bridgehead atoms. The highest BCUT2D eigenvalue weighted by molar-refractivity contribution is 7.92. The van der Waals surface area contributed by atoms with Crippen LogP contribution in [0.4, 0.5) is 5.69 Å². The number of aryl methyl sites for hydroxylation is 1. The molecule has 198 valence electrons. The van der Waals surface area contributed by atoms with Gasteiger partial charge in [0.25, 0.3) is 10.0 Å². The van der Waals surface area contributed by atoms with E-state index >= 15 is 0 Å². The number of amides is 1. The van der Waals surface area contributed by atoms with Crippen molar-refractivity contribution in [3.8, 4) is 11.5 Å². The van der Waals surface area contributed by atoms with Crippen LogP contribution >= 0.6 is 0 Å². The summed E-state index contributed by atoms with van der Waals surface area (Å²) >= 11 is 0. The lowest BCUT2D eigenvalue weighted by Gasteiger charge is -2.35. The topological polar surface area (TPSA) is 88.2 Å². The van der Waals surface area contributed by atoms with E-state index in [0.29, 0.717) is 29.8 Å². The van der Waals surface area contributed by atoms with Gasteiger partial charge >= 0.3 is 0 Å². The molecular formula is C27H39N3O5S. The van der Waals surface area contributed by atoms with Gasteiger partial charge in [0.1, 0.15) is 6.54 Å². The fraction of sp³-hybridized carbons (Fsp3) is 0.519. The average Bonchev–Trinajstić information content (AvgIpc) is 2.90. The van der Waals surface area contributed by atoms with E-state index in [1.54, 1.807) is 18.2 Å².